The lowest BCUT2D eigenvalue weighted by Crippen LogP contribution is -2.26. The van der Waals surface area contributed by atoms with Crippen molar-refractivity contribution in [2.45, 2.75) is 18.3 Å². The molecule has 0 saturated heterocycles. The van der Waals surface area contributed by atoms with Gasteiger partial charge in [-0.25, -0.2) is 0 Å². The first-order valence-corrected chi connectivity index (χ1v) is 16.0. The Bertz CT molecular complexity index is 2110. The van der Waals surface area contributed by atoms with E-state index in [1.807, 2.05) is 6.07 Å². The van der Waals surface area contributed by atoms with Gasteiger partial charge in [-0.05, 0) is 106 Å². The van der Waals surface area contributed by atoms with Crippen LogP contribution in [0.5, 0.6) is 0 Å². The molecule has 2 aliphatic carbocycles. The molecule has 0 N–H and O–H groups in total. The third-order valence-electron chi connectivity index (χ3n) is 9.11. The monoisotopic (exact) mass is 587 g/mol. The molecule has 0 saturated carbocycles. The second-order valence-electron chi connectivity index (χ2n) is 11.9. The van der Waals surface area contributed by atoms with E-state index < -0.39 is 5.41 Å². The van der Waals surface area contributed by atoms with Crippen LogP contribution >= 0.6 is 0 Å². The number of nitrogens with zero attached hydrogens (tertiary/aromatic N) is 1. The molecule has 1 atom stereocenters. The minimum absolute atomic E-state index is 0.563. The predicted octanol–water partition coefficient (Wildman–Crippen LogP) is 11.4. The third kappa shape index (κ3) is 4.86. The normalized spacial score (nSPS) is 16.0. The lowest BCUT2D eigenvalue weighted by molar-refractivity contribution is 0.812. The van der Waals surface area contributed by atoms with Crippen molar-refractivity contribution in [3.8, 4) is 34.1 Å². The SMILES string of the molecule is C(#CC1(C2=CCCC=C2)c2ccccc2-c2ccc(-c3cccc(N(c4ccccc4)c4ccccc4)c3)cc21)c1ccccc1. The number of para-hydroxylation sites is 2. The van der Waals surface area contributed by atoms with E-state index in [4.69, 9.17) is 0 Å². The summed E-state index contributed by atoms with van der Waals surface area (Å²) in [7, 11) is 0. The molecule has 46 heavy (non-hydrogen) atoms. The summed E-state index contributed by atoms with van der Waals surface area (Å²) < 4.78 is 0. The molecule has 0 fully saturated rings. The van der Waals surface area contributed by atoms with Crippen molar-refractivity contribution < 1.29 is 0 Å². The van der Waals surface area contributed by atoms with E-state index in [2.05, 4.69) is 187 Å². The average Bonchev–Trinajstić information content (AvgIpc) is 3.42. The maximum atomic E-state index is 3.87. The molecule has 1 unspecified atom stereocenters. The van der Waals surface area contributed by atoms with Crippen molar-refractivity contribution in [3.05, 3.63) is 198 Å². The zero-order valence-electron chi connectivity index (χ0n) is 25.6. The van der Waals surface area contributed by atoms with Crippen molar-refractivity contribution in [2.24, 2.45) is 0 Å². The van der Waals surface area contributed by atoms with Crippen LogP contribution in [0.15, 0.2) is 182 Å². The summed E-state index contributed by atoms with van der Waals surface area (Å²) in [4.78, 5) is 2.32. The molecule has 0 spiro atoms. The second kappa shape index (κ2) is 11.9. The van der Waals surface area contributed by atoms with E-state index in [-0.39, 0.29) is 0 Å². The highest BCUT2D eigenvalue weighted by molar-refractivity contribution is 5.89. The van der Waals surface area contributed by atoms with E-state index in [1.165, 1.54) is 39.0 Å². The quantitative estimate of drug-likeness (QED) is 0.181. The van der Waals surface area contributed by atoms with Gasteiger partial charge in [-0.1, -0.05) is 133 Å². The Balaban J connectivity index is 1.31. The summed E-state index contributed by atoms with van der Waals surface area (Å²) in [5, 5.41) is 0. The van der Waals surface area contributed by atoms with E-state index in [1.54, 1.807) is 0 Å². The first-order valence-electron chi connectivity index (χ1n) is 16.0. The molecule has 0 heterocycles. The fourth-order valence-electron chi connectivity index (χ4n) is 6.98. The smallest absolute Gasteiger partial charge is 0.107 e. The van der Waals surface area contributed by atoms with Crippen LogP contribution in [0.3, 0.4) is 0 Å². The molecule has 8 rings (SSSR count). The number of hydrogen-bond donors (Lipinski definition) is 0. The minimum atomic E-state index is -0.563. The molecule has 1 nitrogen and oxygen atoms in total. The van der Waals surface area contributed by atoms with Crippen LogP contribution in [-0.2, 0) is 5.41 Å². The van der Waals surface area contributed by atoms with Crippen LogP contribution in [0.1, 0.15) is 29.5 Å². The fraction of sp³-hybridized carbons (Fsp3) is 0.0667. The van der Waals surface area contributed by atoms with Gasteiger partial charge in [0.1, 0.15) is 5.41 Å². The summed E-state index contributed by atoms with van der Waals surface area (Å²) in [6.07, 6.45) is 9.09. The summed E-state index contributed by atoms with van der Waals surface area (Å²) in [5.74, 6) is 7.46. The van der Waals surface area contributed by atoms with Gasteiger partial charge in [-0.2, -0.15) is 0 Å². The van der Waals surface area contributed by atoms with Gasteiger partial charge in [0.2, 0.25) is 0 Å². The van der Waals surface area contributed by atoms with Crippen LogP contribution in [0.25, 0.3) is 22.3 Å². The van der Waals surface area contributed by atoms with Gasteiger partial charge < -0.3 is 4.90 Å². The van der Waals surface area contributed by atoms with Crippen molar-refractivity contribution in [1.82, 2.24) is 0 Å². The van der Waals surface area contributed by atoms with Gasteiger partial charge in [-0.3, -0.25) is 0 Å². The van der Waals surface area contributed by atoms with Crippen LogP contribution in [0, 0.1) is 11.8 Å². The zero-order valence-corrected chi connectivity index (χ0v) is 25.6. The molecule has 0 aliphatic heterocycles. The maximum Gasteiger partial charge on any atom is 0.107 e. The van der Waals surface area contributed by atoms with Crippen molar-refractivity contribution >= 4 is 17.1 Å². The summed E-state index contributed by atoms with van der Waals surface area (Å²) in [5.41, 5.74) is 12.5. The molecule has 0 amide bonds. The molecule has 0 bridgehead atoms. The third-order valence-corrected chi connectivity index (χ3v) is 9.11. The summed E-state index contributed by atoms with van der Waals surface area (Å²) in [6, 6.07) is 56.2. The number of benzene rings is 6. The molecular formula is C45H33N. The van der Waals surface area contributed by atoms with Crippen LogP contribution < -0.4 is 4.90 Å². The zero-order chi connectivity index (χ0) is 30.8. The molecule has 0 radical (unpaired) electrons. The first kappa shape index (κ1) is 27.7. The Morgan fingerprint density at radius 1 is 0.500 bits per heavy atom. The summed E-state index contributed by atoms with van der Waals surface area (Å²) >= 11 is 0. The Hall–Kier alpha value is -5.84. The number of hydrogen-bond acceptors (Lipinski definition) is 1. The number of allylic oxidation sites excluding steroid dienone is 4. The Labute approximate surface area is 271 Å². The van der Waals surface area contributed by atoms with Gasteiger partial charge in [0, 0.05) is 22.6 Å². The van der Waals surface area contributed by atoms with E-state index >= 15 is 0 Å². The minimum Gasteiger partial charge on any atom is -0.310 e. The standard InChI is InChI=1S/C45H33N/c1-5-16-34(17-6-1)30-31-45(37-19-7-2-8-20-37)43-27-14-13-26-41(43)42-29-28-36(33-44(42)45)35-18-15-25-40(32-35)46(38-21-9-3-10-22-38)39-23-11-4-12-24-39/h1,3-7,9-29,32-33H,2,8H2. The van der Waals surface area contributed by atoms with Crippen molar-refractivity contribution in [1.29, 1.82) is 0 Å². The highest BCUT2D eigenvalue weighted by Crippen LogP contribution is 2.54. The molecule has 6 aromatic carbocycles. The van der Waals surface area contributed by atoms with Gasteiger partial charge in [0.05, 0.1) is 0 Å². The highest BCUT2D eigenvalue weighted by Gasteiger charge is 2.44. The fourth-order valence-corrected chi connectivity index (χ4v) is 6.98. The lowest BCUT2D eigenvalue weighted by Gasteiger charge is -2.30. The van der Waals surface area contributed by atoms with Crippen molar-refractivity contribution in [2.75, 3.05) is 4.90 Å². The molecule has 218 valence electrons. The van der Waals surface area contributed by atoms with Crippen LogP contribution in [0.4, 0.5) is 17.1 Å². The first-order chi connectivity index (χ1) is 22.8. The molecule has 0 aromatic heterocycles. The number of rotatable bonds is 5. The Morgan fingerprint density at radius 3 is 1.85 bits per heavy atom. The number of anilines is 3. The molecular weight excluding hydrogens is 555 g/mol. The summed E-state index contributed by atoms with van der Waals surface area (Å²) in [6.45, 7) is 0. The Kier molecular flexibility index (Phi) is 7.18. The molecule has 1 heteroatoms. The molecule has 6 aromatic rings. The van der Waals surface area contributed by atoms with E-state index in [9.17, 15) is 0 Å². The van der Waals surface area contributed by atoms with Crippen molar-refractivity contribution in [3.63, 3.8) is 0 Å². The highest BCUT2D eigenvalue weighted by atomic mass is 15.1. The van der Waals surface area contributed by atoms with Gasteiger partial charge in [0.15, 0.2) is 0 Å². The van der Waals surface area contributed by atoms with Gasteiger partial charge in [-0.15, -0.1) is 0 Å². The number of fused-ring (bicyclic) bond motifs is 3. The van der Waals surface area contributed by atoms with Gasteiger partial charge >= 0.3 is 0 Å². The largest absolute Gasteiger partial charge is 0.310 e. The van der Waals surface area contributed by atoms with Crippen LogP contribution in [-0.4, -0.2) is 0 Å². The molecule has 2 aliphatic rings. The lowest BCUT2D eigenvalue weighted by atomic mass is 9.70. The topological polar surface area (TPSA) is 3.24 Å². The predicted molar refractivity (Wildman–Crippen MR) is 193 cm³/mol. The average molecular weight is 588 g/mol. The Morgan fingerprint density at radius 2 is 1.13 bits per heavy atom. The van der Waals surface area contributed by atoms with E-state index in [0.717, 1.165) is 35.5 Å². The second-order valence-corrected chi connectivity index (χ2v) is 11.9. The van der Waals surface area contributed by atoms with Gasteiger partial charge in [0.25, 0.3) is 0 Å². The van der Waals surface area contributed by atoms with E-state index in [0.29, 0.717) is 0 Å². The maximum absolute atomic E-state index is 3.87. The van der Waals surface area contributed by atoms with Crippen LogP contribution in [0.2, 0.25) is 0 Å².